The van der Waals surface area contributed by atoms with Crippen LogP contribution in [0.25, 0.3) is 0 Å². The number of morpholine rings is 1. The van der Waals surface area contributed by atoms with E-state index in [-0.39, 0.29) is 12.5 Å². The second-order valence-corrected chi connectivity index (χ2v) is 6.98. The van der Waals surface area contributed by atoms with E-state index >= 15 is 0 Å². The van der Waals surface area contributed by atoms with E-state index in [4.69, 9.17) is 4.74 Å². The van der Waals surface area contributed by atoms with E-state index in [0.717, 1.165) is 5.56 Å². The van der Waals surface area contributed by atoms with Gasteiger partial charge in [0.05, 0.1) is 19.8 Å². The Bertz CT molecular complexity index is 702. The average Bonchev–Trinajstić information content (AvgIpc) is 3.17. The van der Waals surface area contributed by atoms with E-state index in [9.17, 15) is 9.90 Å². The number of rotatable bonds is 5. The monoisotopic (exact) mass is 344 g/mol. The van der Waals surface area contributed by atoms with Crippen LogP contribution < -0.4 is 0 Å². The lowest BCUT2D eigenvalue weighted by Gasteiger charge is -2.44. The van der Waals surface area contributed by atoms with Gasteiger partial charge >= 0.3 is 0 Å². The van der Waals surface area contributed by atoms with E-state index in [1.165, 1.54) is 6.33 Å². The highest BCUT2D eigenvalue weighted by Crippen LogP contribution is 2.26. The van der Waals surface area contributed by atoms with Gasteiger partial charge < -0.3 is 14.7 Å². The molecule has 1 aliphatic rings. The predicted octanol–water partition coefficient (Wildman–Crippen LogP) is 0.846. The minimum atomic E-state index is -0.845. The highest BCUT2D eigenvalue weighted by atomic mass is 16.5. The van der Waals surface area contributed by atoms with Crippen LogP contribution >= 0.6 is 0 Å². The van der Waals surface area contributed by atoms with E-state index in [1.807, 2.05) is 44.2 Å². The molecule has 0 bridgehead atoms. The Hall–Kier alpha value is -2.25. The summed E-state index contributed by atoms with van der Waals surface area (Å²) in [7, 11) is 0. The molecule has 0 saturated carbocycles. The van der Waals surface area contributed by atoms with Crippen LogP contribution in [0.3, 0.4) is 0 Å². The zero-order chi connectivity index (χ0) is 17.9. The Morgan fingerprint density at radius 1 is 1.36 bits per heavy atom. The van der Waals surface area contributed by atoms with E-state index in [0.29, 0.717) is 26.1 Å². The maximum absolute atomic E-state index is 13.1. The summed E-state index contributed by atoms with van der Waals surface area (Å²) in [4.78, 5) is 18.8. The molecule has 25 heavy (non-hydrogen) atoms. The molecule has 0 aliphatic carbocycles. The number of aliphatic hydroxyl groups excluding tert-OH is 1. The van der Waals surface area contributed by atoms with Crippen molar-refractivity contribution in [3.05, 3.63) is 48.5 Å². The maximum atomic E-state index is 13.1. The first-order valence-corrected chi connectivity index (χ1v) is 8.40. The minimum absolute atomic E-state index is 0.0628. The van der Waals surface area contributed by atoms with Gasteiger partial charge in [0.1, 0.15) is 23.8 Å². The van der Waals surface area contributed by atoms with Crippen molar-refractivity contribution >= 4 is 5.91 Å². The maximum Gasteiger partial charge on any atom is 0.250 e. The summed E-state index contributed by atoms with van der Waals surface area (Å²) in [6.45, 7) is 4.72. The fraction of sp³-hybridized carbons (Fsp3) is 0.500. The van der Waals surface area contributed by atoms with Crippen molar-refractivity contribution in [3.8, 4) is 0 Å². The summed E-state index contributed by atoms with van der Waals surface area (Å²) in [5.74, 6) is -0.0628. The lowest BCUT2D eigenvalue weighted by atomic mass is 9.92. The zero-order valence-electron chi connectivity index (χ0n) is 14.6. The van der Waals surface area contributed by atoms with Gasteiger partial charge in [-0.2, -0.15) is 5.10 Å². The van der Waals surface area contributed by atoms with Crippen LogP contribution in [0.1, 0.15) is 19.4 Å². The minimum Gasteiger partial charge on any atom is -0.393 e. The van der Waals surface area contributed by atoms with Gasteiger partial charge in [-0.05, 0) is 19.4 Å². The van der Waals surface area contributed by atoms with Crippen molar-refractivity contribution in [3.63, 3.8) is 0 Å². The predicted molar refractivity (Wildman–Crippen MR) is 91.8 cm³/mol. The number of hydrogen-bond donors (Lipinski definition) is 1. The number of carbonyl (C=O) groups excluding carboxylic acids is 1. The molecule has 1 aliphatic heterocycles. The quantitative estimate of drug-likeness (QED) is 0.870. The standard InChI is InChI=1S/C18H24N4O3/c1-17(2,22-14-19-13-20-22)16(24)21-8-9-25-18(11-21,12-23)10-15-6-4-3-5-7-15/h3-7,13-14,23H,8-12H2,1-2H3/t18-/m0/s1. The third kappa shape index (κ3) is 3.57. The second kappa shape index (κ2) is 6.93. The lowest BCUT2D eigenvalue weighted by molar-refractivity contribution is -0.164. The van der Waals surface area contributed by atoms with Crippen molar-refractivity contribution in [2.45, 2.75) is 31.4 Å². The SMILES string of the molecule is CC(C)(C(=O)N1CCO[C@@](CO)(Cc2ccccc2)C1)n1cncn1. The largest absolute Gasteiger partial charge is 0.393 e. The molecular weight excluding hydrogens is 320 g/mol. The molecule has 1 amide bonds. The molecule has 1 saturated heterocycles. The molecule has 2 heterocycles. The molecule has 7 nitrogen and oxygen atoms in total. The van der Waals surface area contributed by atoms with Gasteiger partial charge in [-0.25, -0.2) is 9.67 Å². The smallest absolute Gasteiger partial charge is 0.250 e. The van der Waals surface area contributed by atoms with Crippen LogP contribution in [0.15, 0.2) is 43.0 Å². The molecule has 0 unspecified atom stereocenters. The molecule has 1 fully saturated rings. The summed E-state index contributed by atoms with van der Waals surface area (Å²) in [6, 6.07) is 9.87. The summed E-state index contributed by atoms with van der Waals surface area (Å²) in [5.41, 5.74) is -0.559. The molecule has 3 rings (SSSR count). The fourth-order valence-corrected chi connectivity index (χ4v) is 3.23. The molecule has 0 radical (unpaired) electrons. The number of carbonyl (C=O) groups is 1. The number of benzene rings is 1. The van der Waals surface area contributed by atoms with Gasteiger partial charge in [-0.3, -0.25) is 4.79 Å². The summed E-state index contributed by atoms with van der Waals surface area (Å²) < 4.78 is 7.48. The Labute approximate surface area is 147 Å². The highest BCUT2D eigenvalue weighted by Gasteiger charge is 2.42. The third-order valence-corrected chi connectivity index (χ3v) is 4.71. The Morgan fingerprint density at radius 2 is 2.12 bits per heavy atom. The fourth-order valence-electron chi connectivity index (χ4n) is 3.23. The molecule has 134 valence electrons. The number of aromatic nitrogens is 3. The van der Waals surface area contributed by atoms with Crippen LogP contribution in [0, 0.1) is 0 Å². The first-order valence-electron chi connectivity index (χ1n) is 8.40. The summed E-state index contributed by atoms with van der Waals surface area (Å²) in [5, 5.41) is 14.1. The normalized spacial score (nSPS) is 21.3. The average molecular weight is 344 g/mol. The molecule has 1 aromatic heterocycles. The van der Waals surface area contributed by atoms with Gasteiger partial charge in [0.2, 0.25) is 5.91 Å². The van der Waals surface area contributed by atoms with Gasteiger partial charge in [-0.15, -0.1) is 0 Å². The van der Waals surface area contributed by atoms with Crippen molar-refractivity contribution in [2.24, 2.45) is 0 Å². The van der Waals surface area contributed by atoms with Crippen LogP contribution in [0.4, 0.5) is 0 Å². The number of amides is 1. The van der Waals surface area contributed by atoms with Crippen LogP contribution in [0.5, 0.6) is 0 Å². The van der Waals surface area contributed by atoms with Gasteiger partial charge in [-0.1, -0.05) is 30.3 Å². The third-order valence-electron chi connectivity index (χ3n) is 4.71. The Morgan fingerprint density at radius 3 is 2.76 bits per heavy atom. The zero-order valence-corrected chi connectivity index (χ0v) is 14.6. The number of hydrogen-bond acceptors (Lipinski definition) is 5. The van der Waals surface area contributed by atoms with Crippen molar-refractivity contribution in [2.75, 3.05) is 26.3 Å². The van der Waals surface area contributed by atoms with E-state index in [2.05, 4.69) is 10.1 Å². The topological polar surface area (TPSA) is 80.5 Å². The van der Waals surface area contributed by atoms with E-state index < -0.39 is 11.1 Å². The van der Waals surface area contributed by atoms with Crippen molar-refractivity contribution in [1.82, 2.24) is 19.7 Å². The Kier molecular flexibility index (Phi) is 4.87. The van der Waals surface area contributed by atoms with E-state index in [1.54, 1.807) is 15.9 Å². The van der Waals surface area contributed by atoms with Crippen LogP contribution in [-0.2, 0) is 21.5 Å². The Balaban J connectivity index is 1.78. The molecule has 1 atom stereocenters. The van der Waals surface area contributed by atoms with Crippen molar-refractivity contribution in [1.29, 1.82) is 0 Å². The van der Waals surface area contributed by atoms with Crippen LogP contribution in [0.2, 0.25) is 0 Å². The number of ether oxygens (including phenoxy) is 1. The molecule has 2 aromatic rings. The lowest BCUT2D eigenvalue weighted by Crippen LogP contribution is -2.60. The highest BCUT2D eigenvalue weighted by molar-refractivity contribution is 5.83. The second-order valence-electron chi connectivity index (χ2n) is 6.98. The van der Waals surface area contributed by atoms with Gasteiger partial charge in [0, 0.05) is 13.0 Å². The van der Waals surface area contributed by atoms with Crippen molar-refractivity contribution < 1.29 is 14.6 Å². The van der Waals surface area contributed by atoms with Crippen LogP contribution in [-0.4, -0.2) is 62.6 Å². The molecule has 0 spiro atoms. The molecule has 1 N–H and O–H groups in total. The molecule has 7 heteroatoms. The molecular formula is C18H24N4O3. The summed E-state index contributed by atoms with van der Waals surface area (Å²) >= 11 is 0. The number of aliphatic hydroxyl groups is 1. The first kappa shape index (κ1) is 17.6. The summed E-state index contributed by atoms with van der Waals surface area (Å²) in [6.07, 6.45) is 3.52. The van der Waals surface area contributed by atoms with Gasteiger partial charge in [0.25, 0.3) is 0 Å². The molecule has 1 aromatic carbocycles. The number of nitrogens with zero attached hydrogens (tertiary/aromatic N) is 4. The first-order chi connectivity index (χ1) is 12.0. The van der Waals surface area contributed by atoms with Gasteiger partial charge in [0.15, 0.2) is 0 Å².